The Bertz CT molecular complexity index is 513. The molecule has 1 heterocycles. The minimum atomic E-state index is -3.37. The summed E-state index contributed by atoms with van der Waals surface area (Å²) in [4.78, 5) is 0. The first kappa shape index (κ1) is 16.4. The highest BCUT2D eigenvalue weighted by Gasteiger charge is 2.26. The van der Waals surface area contributed by atoms with Gasteiger partial charge < -0.3 is 10.4 Å². The normalized spacial score (nSPS) is 19.8. The van der Waals surface area contributed by atoms with E-state index in [1.165, 1.54) is 4.31 Å². The number of hydrogen-bond acceptors (Lipinski definition) is 4. The molecule has 1 fully saturated rings. The number of aliphatic hydroxyl groups excluding tert-OH is 1. The van der Waals surface area contributed by atoms with Gasteiger partial charge in [-0.15, -0.1) is 0 Å². The monoisotopic (exact) mass is 312 g/mol. The zero-order valence-electron chi connectivity index (χ0n) is 12.2. The van der Waals surface area contributed by atoms with E-state index in [9.17, 15) is 8.42 Å². The topological polar surface area (TPSA) is 69.6 Å². The highest BCUT2D eigenvalue weighted by molar-refractivity contribution is 7.89. The fraction of sp³-hybridized carbons (Fsp3) is 0.600. The molecule has 6 heteroatoms. The summed E-state index contributed by atoms with van der Waals surface area (Å²) in [7, 11) is -3.37. The molecule has 1 aliphatic heterocycles. The minimum absolute atomic E-state index is 0.0284. The molecule has 1 aliphatic rings. The van der Waals surface area contributed by atoms with E-state index in [1.807, 2.05) is 30.3 Å². The fourth-order valence-electron chi connectivity index (χ4n) is 2.64. The van der Waals surface area contributed by atoms with Crippen molar-refractivity contribution < 1.29 is 13.5 Å². The van der Waals surface area contributed by atoms with Gasteiger partial charge in [-0.1, -0.05) is 36.8 Å². The minimum Gasteiger partial charge on any atom is -0.395 e. The third-order valence-corrected chi connectivity index (χ3v) is 5.69. The number of nitrogens with one attached hydrogen (secondary N) is 1. The second-order valence-electron chi connectivity index (χ2n) is 5.47. The van der Waals surface area contributed by atoms with Gasteiger partial charge in [0.05, 0.1) is 12.4 Å². The van der Waals surface area contributed by atoms with Crippen LogP contribution in [0.15, 0.2) is 30.3 Å². The van der Waals surface area contributed by atoms with Crippen LogP contribution in [0.25, 0.3) is 0 Å². The summed E-state index contributed by atoms with van der Waals surface area (Å²) in [6.07, 6.45) is 3.09. The predicted octanol–water partition coefficient (Wildman–Crippen LogP) is 0.953. The standard InChI is InChI=1S/C15H24N2O3S/c18-11-10-17(12-14-6-2-1-3-7-14)21(19,20)13-15-8-4-5-9-16-15/h1-3,6-7,15-16,18H,4-5,8-13H2. The average Bonchev–Trinajstić information content (AvgIpc) is 2.48. The molecule has 1 aromatic rings. The zero-order chi connectivity index (χ0) is 15.1. The van der Waals surface area contributed by atoms with Crippen molar-refractivity contribution in [1.29, 1.82) is 0 Å². The number of piperidine rings is 1. The van der Waals surface area contributed by atoms with Crippen LogP contribution in [-0.4, -0.2) is 49.3 Å². The van der Waals surface area contributed by atoms with Crippen molar-refractivity contribution in [2.75, 3.05) is 25.4 Å². The quantitative estimate of drug-likeness (QED) is 0.786. The molecule has 118 valence electrons. The largest absolute Gasteiger partial charge is 0.395 e. The van der Waals surface area contributed by atoms with Crippen LogP contribution >= 0.6 is 0 Å². The lowest BCUT2D eigenvalue weighted by Crippen LogP contribution is -2.44. The van der Waals surface area contributed by atoms with Gasteiger partial charge in [0.15, 0.2) is 0 Å². The van der Waals surface area contributed by atoms with E-state index >= 15 is 0 Å². The van der Waals surface area contributed by atoms with Crippen molar-refractivity contribution >= 4 is 10.0 Å². The molecule has 2 rings (SSSR count). The van der Waals surface area contributed by atoms with E-state index < -0.39 is 10.0 Å². The predicted molar refractivity (Wildman–Crippen MR) is 83.4 cm³/mol. The number of benzene rings is 1. The molecule has 0 saturated carbocycles. The van der Waals surface area contributed by atoms with E-state index in [1.54, 1.807) is 0 Å². The molecule has 0 aromatic heterocycles. The van der Waals surface area contributed by atoms with E-state index in [0.29, 0.717) is 6.54 Å². The van der Waals surface area contributed by atoms with E-state index in [2.05, 4.69) is 5.32 Å². The highest BCUT2D eigenvalue weighted by Crippen LogP contribution is 2.14. The summed E-state index contributed by atoms with van der Waals surface area (Å²) >= 11 is 0. The Morgan fingerprint density at radius 2 is 2.00 bits per heavy atom. The van der Waals surface area contributed by atoms with Crippen LogP contribution < -0.4 is 5.32 Å². The maximum atomic E-state index is 12.6. The number of sulfonamides is 1. The number of aliphatic hydroxyl groups is 1. The molecular formula is C15H24N2O3S. The van der Waals surface area contributed by atoms with Gasteiger partial charge in [-0.05, 0) is 24.9 Å². The lowest BCUT2D eigenvalue weighted by atomic mass is 10.1. The van der Waals surface area contributed by atoms with Gasteiger partial charge in [0.2, 0.25) is 10.0 Å². The van der Waals surface area contributed by atoms with Crippen molar-refractivity contribution in [2.24, 2.45) is 0 Å². The summed E-state index contributed by atoms with van der Waals surface area (Å²) in [5.41, 5.74) is 0.936. The first-order valence-corrected chi connectivity index (χ1v) is 9.09. The van der Waals surface area contributed by atoms with E-state index in [0.717, 1.165) is 31.4 Å². The molecule has 0 radical (unpaired) electrons. The number of hydrogen-bond donors (Lipinski definition) is 2. The molecule has 0 spiro atoms. The summed E-state index contributed by atoms with van der Waals surface area (Å²) in [6, 6.07) is 9.52. The Balaban J connectivity index is 2.04. The molecule has 21 heavy (non-hydrogen) atoms. The second kappa shape index (κ2) is 7.89. The van der Waals surface area contributed by atoms with Crippen LogP contribution in [-0.2, 0) is 16.6 Å². The zero-order valence-corrected chi connectivity index (χ0v) is 13.1. The second-order valence-corrected chi connectivity index (χ2v) is 7.48. The van der Waals surface area contributed by atoms with Crippen LogP contribution in [0.4, 0.5) is 0 Å². The van der Waals surface area contributed by atoms with Crippen LogP contribution in [0.5, 0.6) is 0 Å². The van der Waals surface area contributed by atoms with Crippen molar-refractivity contribution in [2.45, 2.75) is 31.8 Å². The van der Waals surface area contributed by atoms with Gasteiger partial charge in [0, 0.05) is 19.1 Å². The van der Waals surface area contributed by atoms with Gasteiger partial charge >= 0.3 is 0 Å². The highest BCUT2D eigenvalue weighted by atomic mass is 32.2. The third kappa shape index (κ3) is 5.07. The Morgan fingerprint density at radius 1 is 1.24 bits per heavy atom. The van der Waals surface area contributed by atoms with Crippen molar-refractivity contribution in [3.8, 4) is 0 Å². The first-order valence-electron chi connectivity index (χ1n) is 7.48. The summed E-state index contributed by atoms with van der Waals surface area (Å²) in [5, 5.41) is 12.4. The SMILES string of the molecule is O=S(=O)(CC1CCCCN1)N(CCO)Cc1ccccc1. The molecular weight excluding hydrogens is 288 g/mol. The summed E-state index contributed by atoms with van der Waals surface area (Å²) in [6.45, 7) is 1.18. The van der Waals surface area contributed by atoms with Crippen LogP contribution in [0.2, 0.25) is 0 Å². The van der Waals surface area contributed by atoms with E-state index in [4.69, 9.17) is 5.11 Å². The van der Waals surface area contributed by atoms with Crippen LogP contribution in [0, 0.1) is 0 Å². The molecule has 1 unspecified atom stereocenters. The lowest BCUT2D eigenvalue weighted by Gasteiger charge is -2.27. The molecule has 5 nitrogen and oxygen atoms in total. The Morgan fingerprint density at radius 3 is 2.62 bits per heavy atom. The summed E-state index contributed by atoms with van der Waals surface area (Å²) < 4.78 is 26.5. The Hall–Kier alpha value is -0.950. The van der Waals surface area contributed by atoms with Gasteiger partial charge in [0.1, 0.15) is 0 Å². The van der Waals surface area contributed by atoms with Gasteiger partial charge in [0.25, 0.3) is 0 Å². The molecule has 1 atom stereocenters. The van der Waals surface area contributed by atoms with Gasteiger partial charge in [-0.2, -0.15) is 4.31 Å². The Kier molecular flexibility index (Phi) is 6.17. The number of nitrogens with zero attached hydrogens (tertiary/aromatic N) is 1. The maximum absolute atomic E-state index is 12.6. The molecule has 0 aliphatic carbocycles. The van der Waals surface area contributed by atoms with Crippen molar-refractivity contribution in [3.05, 3.63) is 35.9 Å². The van der Waals surface area contributed by atoms with Gasteiger partial charge in [-0.25, -0.2) is 8.42 Å². The lowest BCUT2D eigenvalue weighted by molar-refractivity contribution is 0.250. The van der Waals surface area contributed by atoms with Crippen LogP contribution in [0.1, 0.15) is 24.8 Å². The molecule has 0 amide bonds. The molecule has 0 bridgehead atoms. The third-order valence-electron chi connectivity index (χ3n) is 3.77. The Labute approximate surface area is 127 Å². The molecule has 2 N–H and O–H groups in total. The van der Waals surface area contributed by atoms with E-state index in [-0.39, 0.29) is 24.9 Å². The van der Waals surface area contributed by atoms with Gasteiger partial charge in [-0.3, -0.25) is 0 Å². The first-order chi connectivity index (χ1) is 10.1. The molecule has 1 saturated heterocycles. The van der Waals surface area contributed by atoms with Crippen molar-refractivity contribution in [1.82, 2.24) is 9.62 Å². The molecule has 1 aromatic carbocycles. The average molecular weight is 312 g/mol. The summed E-state index contributed by atoms with van der Waals surface area (Å²) in [5.74, 6) is 0.111. The fourth-order valence-corrected chi connectivity index (χ4v) is 4.35. The van der Waals surface area contributed by atoms with Crippen molar-refractivity contribution in [3.63, 3.8) is 0 Å². The maximum Gasteiger partial charge on any atom is 0.216 e. The smallest absolute Gasteiger partial charge is 0.216 e. The number of rotatable bonds is 7. The van der Waals surface area contributed by atoms with Crippen LogP contribution in [0.3, 0.4) is 0 Å².